The Labute approximate surface area is 125 Å². The van der Waals surface area contributed by atoms with Crippen molar-refractivity contribution < 1.29 is 9.90 Å². The molecule has 0 radical (unpaired) electrons. The maximum absolute atomic E-state index is 11.8. The number of benzene rings is 1. The molecule has 1 aromatic rings. The molecule has 4 aliphatic carbocycles. The predicted octanol–water partition coefficient (Wildman–Crippen LogP) is 3.37. The van der Waals surface area contributed by atoms with E-state index in [2.05, 4.69) is 5.32 Å². The summed E-state index contributed by atoms with van der Waals surface area (Å²) in [5, 5.41) is 13.2. The van der Waals surface area contributed by atoms with Crippen LogP contribution in [0.4, 0.5) is 0 Å². The number of carboxylic acids is 1. The van der Waals surface area contributed by atoms with Crippen molar-refractivity contribution in [1.29, 1.82) is 0 Å². The fourth-order valence-corrected chi connectivity index (χ4v) is 5.53. The molecule has 112 valence electrons. The molecule has 0 saturated heterocycles. The normalized spacial score (nSPS) is 38.4. The average molecular weight is 285 g/mol. The van der Waals surface area contributed by atoms with Gasteiger partial charge < -0.3 is 5.11 Å². The topological polar surface area (TPSA) is 49.3 Å². The van der Waals surface area contributed by atoms with Crippen LogP contribution >= 0.6 is 0 Å². The summed E-state index contributed by atoms with van der Waals surface area (Å²) in [5.41, 5.74) is 0.953. The van der Waals surface area contributed by atoms with E-state index in [1.165, 1.54) is 38.5 Å². The Hall–Kier alpha value is -1.35. The Kier molecular flexibility index (Phi) is 3.07. The fraction of sp³-hybridized carbons (Fsp3) is 0.611. The Bertz CT molecular complexity index is 504. The van der Waals surface area contributed by atoms with Crippen LogP contribution in [0.3, 0.4) is 0 Å². The summed E-state index contributed by atoms with van der Waals surface area (Å²) >= 11 is 0. The van der Waals surface area contributed by atoms with E-state index >= 15 is 0 Å². The van der Waals surface area contributed by atoms with Gasteiger partial charge in [-0.05, 0) is 61.8 Å². The molecule has 2 N–H and O–H groups in total. The smallest absolute Gasteiger partial charge is 0.325 e. The average Bonchev–Trinajstić information content (AvgIpc) is 2.44. The Balaban J connectivity index is 1.60. The van der Waals surface area contributed by atoms with Crippen molar-refractivity contribution in [3.05, 3.63) is 35.9 Å². The molecule has 4 bridgehead atoms. The van der Waals surface area contributed by atoms with E-state index in [1.54, 1.807) is 0 Å². The molecule has 0 aromatic heterocycles. The minimum absolute atomic E-state index is 0.0770. The Morgan fingerprint density at radius 3 is 2.05 bits per heavy atom. The van der Waals surface area contributed by atoms with Gasteiger partial charge in [-0.25, -0.2) is 0 Å². The van der Waals surface area contributed by atoms with Crippen molar-refractivity contribution in [1.82, 2.24) is 5.32 Å². The highest BCUT2D eigenvalue weighted by molar-refractivity contribution is 5.75. The summed E-state index contributed by atoms with van der Waals surface area (Å²) in [6, 6.07) is 9.06. The van der Waals surface area contributed by atoms with Crippen LogP contribution in [0.5, 0.6) is 0 Å². The monoisotopic (exact) mass is 285 g/mol. The summed E-state index contributed by atoms with van der Waals surface area (Å²) < 4.78 is 0. The van der Waals surface area contributed by atoms with Gasteiger partial charge in [0.05, 0.1) is 0 Å². The van der Waals surface area contributed by atoms with E-state index in [0.717, 1.165) is 23.3 Å². The van der Waals surface area contributed by atoms with Crippen molar-refractivity contribution in [2.75, 3.05) is 0 Å². The molecular weight excluding hydrogens is 262 g/mol. The third-order valence-electron chi connectivity index (χ3n) is 5.87. The van der Waals surface area contributed by atoms with Crippen LogP contribution in [0.2, 0.25) is 0 Å². The van der Waals surface area contributed by atoms with Crippen LogP contribution in [-0.2, 0) is 4.79 Å². The lowest BCUT2D eigenvalue weighted by atomic mass is 9.53. The van der Waals surface area contributed by atoms with E-state index in [0.29, 0.717) is 0 Å². The number of nitrogens with one attached hydrogen (secondary N) is 1. The summed E-state index contributed by atoms with van der Waals surface area (Å²) in [4.78, 5) is 11.8. The second-order valence-electron chi connectivity index (χ2n) is 7.52. The maximum atomic E-state index is 11.8. The molecule has 0 spiro atoms. The first-order valence-electron chi connectivity index (χ1n) is 8.19. The van der Waals surface area contributed by atoms with Gasteiger partial charge in [0.15, 0.2) is 0 Å². The van der Waals surface area contributed by atoms with Gasteiger partial charge in [0.25, 0.3) is 0 Å². The molecule has 3 nitrogen and oxygen atoms in total. The molecule has 1 atom stereocenters. The van der Waals surface area contributed by atoms with E-state index in [-0.39, 0.29) is 5.54 Å². The lowest BCUT2D eigenvalue weighted by Gasteiger charge is -2.57. The van der Waals surface area contributed by atoms with Crippen LogP contribution in [0.1, 0.15) is 50.1 Å². The fourth-order valence-electron chi connectivity index (χ4n) is 5.53. The lowest BCUT2D eigenvalue weighted by Crippen LogP contribution is -2.59. The maximum Gasteiger partial charge on any atom is 0.325 e. The SMILES string of the molecule is O=C(O)C(NC12CC3CC(CC(C3)C1)C2)c1ccccc1. The van der Waals surface area contributed by atoms with Gasteiger partial charge in [0.1, 0.15) is 6.04 Å². The third kappa shape index (κ3) is 2.38. The zero-order valence-electron chi connectivity index (χ0n) is 12.3. The Morgan fingerprint density at radius 1 is 1.05 bits per heavy atom. The van der Waals surface area contributed by atoms with E-state index < -0.39 is 12.0 Å². The number of hydrogen-bond acceptors (Lipinski definition) is 2. The minimum atomic E-state index is -0.753. The molecule has 0 heterocycles. The molecule has 5 rings (SSSR count). The van der Waals surface area contributed by atoms with Gasteiger partial charge in [-0.15, -0.1) is 0 Å². The summed E-state index contributed by atoms with van der Waals surface area (Å²) in [6.45, 7) is 0. The summed E-state index contributed by atoms with van der Waals surface area (Å²) in [5.74, 6) is 1.73. The number of aliphatic carboxylic acids is 1. The minimum Gasteiger partial charge on any atom is -0.480 e. The first-order chi connectivity index (χ1) is 10.1. The molecule has 4 fully saturated rings. The number of carbonyl (C=O) groups is 1. The molecule has 4 saturated carbocycles. The first kappa shape index (κ1) is 13.3. The molecule has 1 aromatic carbocycles. The molecule has 3 heteroatoms. The Morgan fingerprint density at radius 2 is 1.57 bits per heavy atom. The highest BCUT2D eigenvalue weighted by Gasteiger charge is 2.51. The third-order valence-corrected chi connectivity index (χ3v) is 5.87. The van der Waals surface area contributed by atoms with Crippen LogP contribution in [0.15, 0.2) is 30.3 Å². The second kappa shape index (κ2) is 4.84. The van der Waals surface area contributed by atoms with Gasteiger partial charge in [0.2, 0.25) is 0 Å². The van der Waals surface area contributed by atoms with Crippen LogP contribution < -0.4 is 5.32 Å². The number of rotatable bonds is 4. The zero-order chi connectivity index (χ0) is 14.4. The highest BCUT2D eigenvalue weighted by Crippen LogP contribution is 2.56. The van der Waals surface area contributed by atoms with Crippen molar-refractivity contribution in [3.63, 3.8) is 0 Å². The highest BCUT2D eigenvalue weighted by atomic mass is 16.4. The second-order valence-corrected chi connectivity index (χ2v) is 7.52. The quantitative estimate of drug-likeness (QED) is 0.891. The van der Waals surface area contributed by atoms with Gasteiger partial charge in [-0.1, -0.05) is 30.3 Å². The van der Waals surface area contributed by atoms with Crippen LogP contribution in [0.25, 0.3) is 0 Å². The van der Waals surface area contributed by atoms with Gasteiger partial charge in [-0.3, -0.25) is 10.1 Å². The molecule has 0 aliphatic heterocycles. The first-order valence-corrected chi connectivity index (χ1v) is 8.19. The van der Waals surface area contributed by atoms with E-state index in [4.69, 9.17) is 0 Å². The lowest BCUT2D eigenvalue weighted by molar-refractivity contribution is -0.141. The largest absolute Gasteiger partial charge is 0.480 e. The molecule has 1 unspecified atom stereocenters. The number of carboxylic acid groups (broad SMARTS) is 1. The van der Waals surface area contributed by atoms with E-state index in [1.807, 2.05) is 30.3 Å². The molecular formula is C18H23NO2. The van der Waals surface area contributed by atoms with Crippen molar-refractivity contribution in [2.45, 2.75) is 50.1 Å². The van der Waals surface area contributed by atoms with Crippen LogP contribution in [0, 0.1) is 17.8 Å². The van der Waals surface area contributed by atoms with Gasteiger partial charge >= 0.3 is 5.97 Å². The summed E-state index contributed by atoms with van der Waals surface area (Å²) in [7, 11) is 0. The van der Waals surface area contributed by atoms with Crippen molar-refractivity contribution >= 4 is 5.97 Å². The van der Waals surface area contributed by atoms with Gasteiger partial charge in [0, 0.05) is 5.54 Å². The predicted molar refractivity (Wildman–Crippen MR) is 80.9 cm³/mol. The zero-order valence-corrected chi connectivity index (χ0v) is 12.3. The van der Waals surface area contributed by atoms with Gasteiger partial charge in [-0.2, -0.15) is 0 Å². The molecule has 21 heavy (non-hydrogen) atoms. The van der Waals surface area contributed by atoms with Crippen molar-refractivity contribution in [2.24, 2.45) is 17.8 Å². The summed E-state index contributed by atoms with van der Waals surface area (Å²) in [6.07, 6.45) is 7.67. The number of hydrogen-bond donors (Lipinski definition) is 2. The molecule has 0 amide bonds. The standard InChI is InChI=1S/C18H23NO2/c20-17(21)16(15-4-2-1-3-5-15)19-18-9-12-6-13(10-18)8-14(7-12)11-18/h1-5,12-14,16,19H,6-11H2,(H,20,21). The van der Waals surface area contributed by atoms with Crippen molar-refractivity contribution in [3.8, 4) is 0 Å². The van der Waals surface area contributed by atoms with E-state index in [9.17, 15) is 9.90 Å². The molecule has 4 aliphatic rings. The van der Waals surface area contributed by atoms with Crippen LogP contribution in [-0.4, -0.2) is 16.6 Å².